The van der Waals surface area contributed by atoms with Gasteiger partial charge in [0.05, 0.1) is 5.54 Å². The molecule has 0 heterocycles. The second-order valence-corrected chi connectivity index (χ2v) is 9.11. The highest BCUT2D eigenvalue weighted by Crippen LogP contribution is 2.11. The molecule has 0 aromatic rings. The van der Waals surface area contributed by atoms with Crippen molar-refractivity contribution in [3.8, 4) is 0 Å². The van der Waals surface area contributed by atoms with Gasteiger partial charge in [-0.05, 0) is 52.4 Å². The number of carbonyl (C=O) groups is 2. The van der Waals surface area contributed by atoms with Crippen LogP contribution in [0.15, 0.2) is 25.3 Å². The van der Waals surface area contributed by atoms with Crippen molar-refractivity contribution in [2.45, 2.75) is 122 Å². The van der Waals surface area contributed by atoms with E-state index in [1.54, 1.807) is 0 Å². The van der Waals surface area contributed by atoms with Gasteiger partial charge in [0, 0.05) is 19.4 Å². The number of hydrogen-bond donors (Lipinski definition) is 2. The van der Waals surface area contributed by atoms with Crippen LogP contribution in [0.2, 0.25) is 0 Å². The molecule has 0 rings (SSSR count). The summed E-state index contributed by atoms with van der Waals surface area (Å²) in [5.74, 6) is 0.165. The van der Waals surface area contributed by atoms with Gasteiger partial charge < -0.3 is 10.6 Å². The van der Waals surface area contributed by atoms with Gasteiger partial charge in [-0.15, -0.1) is 13.2 Å². The molecular formula is C26H48N2O2. The number of carbonyl (C=O) groups excluding carboxylic acids is 2. The summed E-state index contributed by atoms with van der Waals surface area (Å²) >= 11 is 0. The highest BCUT2D eigenvalue weighted by Gasteiger charge is 2.20. The van der Waals surface area contributed by atoms with Crippen LogP contribution in [-0.4, -0.2) is 23.9 Å². The zero-order valence-corrected chi connectivity index (χ0v) is 19.9. The number of unbranched alkanes of at least 4 members (excludes halogenated alkanes) is 12. The van der Waals surface area contributed by atoms with Crippen molar-refractivity contribution in [3.05, 3.63) is 25.3 Å². The summed E-state index contributed by atoms with van der Waals surface area (Å²) in [6.07, 6.45) is 21.2. The van der Waals surface area contributed by atoms with Crippen LogP contribution in [0.25, 0.3) is 0 Å². The summed E-state index contributed by atoms with van der Waals surface area (Å²) in [5, 5.41) is 6.04. The molecule has 4 heteroatoms. The number of allylic oxidation sites excluding steroid dienone is 2. The Bertz CT molecular complexity index is 472. The van der Waals surface area contributed by atoms with Crippen molar-refractivity contribution >= 4 is 11.8 Å². The van der Waals surface area contributed by atoms with E-state index >= 15 is 0 Å². The molecule has 0 unspecified atom stereocenters. The van der Waals surface area contributed by atoms with Crippen molar-refractivity contribution in [1.82, 2.24) is 10.6 Å². The standard InChI is InChI=1S/C26H48N2O2/c1-5-7-9-11-13-15-17-19-21-24(29)27-23-26(3,4)28-25(30)22-20-18-16-14-12-10-8-6-2/h5-6H,1-2,7-23H2,3-4H3,(H,27,29)(H,28,30). The quantitative estimate of drug-likeness (QED) is 0.162. The molecule has 2 amide bonds. The van der Waals surface area contributed by atoms with Gasteiger partial charge in [0.15, 0.2) is 0 Å². The summed E-state index contributed by atoms with van der Waals surface area (Å²) in [7, 11) is 0. The van der Waals surface area contributed by atoms with Gasteiger partial charge in [0.2, 0.25) is 11.8 Å². The van der Waals surface area contributed by atoms with Gasteiger partial charge in [0.1, 0.15) is 0 Å². The number of nitrogens with one attached hydrogen (secondary N) is 2. The molecular weight excluding hydrogens is 372 g/mol. The summed E-state index contributed by atoms with van der Waals surface area (Å²) in [6.45, 7) is 11.9. The van der Waals surface area contributed by atoms with Gasteiger partial charge in [-0.25, -0.2) is 0 Å². The molecule has 0 saturated carbocycles. The molecule has 0 spiro atoms. The van der Waals surface area contributed by atoms with Crippen molar-refractivity contribution < 1.29 is 9.59 Å². The van der Waals surface area contributed by atoms with Crippen LogP contribution in [0.1, 0.15) is 117 Å². The Morgan fingerprint density at radius 1 is 0.667 bits per heavy atom. The molecule has 0 bridgehead atoms. The van der Waals surface area contributed by atoms with E-state index < -0.39 is 5.54 Å². The third-order valence-corrected chi connectivity index (χ3v) is 5.33. The monoisotopic (exact) mass is 420 g/mol. The van der Waals surface area contributed by atoms with E-state index in [9.17, 15) is 9.59 Å². The van der Waals surface area contributed by atoms with Gasteiger partial charge >= 0.3 is 0 Å². The highest BCUT2D eigenvalue weighted by molar-refractivity contribution is 5.77. The summed E-state index contributed by atoms with van der Waals surface area (Å²) in [6, 6.07) is 0. The molecule has 174 valence electrons. The lowest BCUT2D eigenvalue weighted by molar-refractivity contribution is -0.124. The molecule has 30 heavy (non-hydrogen) atoms. The second kappa shape index (κ2) is 19.4. The van der Waals surface area contributed by atoms with E-state index in [2.05, 4.69) is 23.8 Å². The Balaban J connectivity index is 3.69. The van der Waals surface area contributed by atoms with E-state index in [4.69, 9.17) is 0 Å². The average molecular weight is 421 g/mol. The van der Waals surface area contributed by atoms with E-state index in [1.807, 2.05) is 26.0 Å². The Kier molecular flexibility index (Phi) is 18.4. The largest absolute Gasteiger partial charge is 0.354 e. The fourth-order valence-electron chi connectivity index (χ4n) is 3.45. The maximum Gasteiger partial charge on any atom is 0.220 e. The Labute approximate surface area is 186 Å². The zero-order valence-electron chi connectivity index (χ0n) is 19.9. The first-order valence-electron chi connectivity index (χ1n) is 12.2. The zero-order chi connectivity index (χ0) is 22.5. The van der Waals surface area contributed by atoms with Gasteiger partial charge in [-0.1, -0.05) is 63.5 Å². The summed E-state index contributed by atoms with van der Waals surface area (Å²) in [4.78, 5) is 24.2. The topological polar surface area (TPSA) is 58.2 Å². The van der Waals surface area contributed by atoms with Gasteiger partial charge in [0.25, 0.3) is 0 Å². The third kappa shape index (κ3) is 19.7. The average Bonchev–Trinajstić information content (AvgIpc) is 2.70. The van der Waals surface area contributed by atoms with Crippen LogP contribution in [0, 0.1) is 0 Å². The maximum absolute atomic E-state index is 12.2. The fourth-order valence-corrected chi connectivity index (χ4v) is 3.45. The first-order valence-corrected chi connectivity index (χ1v) is 12.2. The van der Waals surface area contributed by atoms with Crippen LogP contribution in [-0.2, 0) is 9.59 Å². The lowest BCUT2D eigenvalue weighted by Crippen LogP contribution is -2.51. The number of amides is 2. The van der Waals surface area contributed by atoms with Crippen LogP contribution >= 0.6 is 0 Å². The van der Waals surface area contributed by atoms with Crippen LogP contribution in [0.5, 0.6) is 0 Å². The van der Waals surface area contributed by atoms with Crippen molar-refractivity contribution in [2.24, 2.45) is 0 Å². The van der Waals surface area contributed by atoms with Crippen molar-refractivity contribution in [1.29, 1.82) is 0 Å². The molecule has 0 radical (unpaired) electrons. The molecule has 0 aliphatic rings. The molecule has 0 aromatic carbocycles. The van der Waals surface area contributed by atoms with Crippen molar-refractivity contribution in [2.75, 3.05) is 6.54 Å². The Morgan fingerprint density at radius 2 is 1.07 bits per heavy atom. The lowest BCUT2D eigenvalue weighted by Gasteiger charge is -2.26. The maximum atomic E-state index is 12.2. The second-order valence-electron chi connectivity index (χ2n) is 9.11. The van der Waals surface area contributed by atoms with Crippen LogP contribution in [0.4, 0.5) is 0 Å². The van der Waals surface area contributed by atoms with E-state index in [1.165, 1.54) is 51.4 Å². The molecule has 4 nitrogen and oxygen atoms in total. The minimum atomic E-state index is -0.414. The molecule has 0 aliphatic carbocycles. The SMILES string of the molecule is C=CCCCCCCCCC(=O)NCC(C)(C)NC(=O)CCCCCCCCC=C. The highest BCUT2D eigenvalue weighted by atomic mass is 16.2. The minimum absolute atomic E-state index is 0.0809. The van der Waals surface area contributed by atoms with E-state index in [-0.39, 0.29) is 11.8 Å². The van der Waals surface area contributed by atoms with Gasteiger partial charge in [-0.3, -0.25) is 9.59 Å². The Hall–Kier alpha value is -1.58. The predicted octanol–water partition coefficient (Wildman–Crippen LogP) is 6.61. The minimum Gasteiger partial charge on any atom is -0.354 e. The molecule has 0 aliphatic heterocycles. The summed E-state index contributed by atoms with van der Waals surface area (Å²) < 4.78 is 0. The first kappa shape index (κ1) is 28.4. The van der Waals surface area contributed by atoms with Gasteiger partial charge in [-0.2, -0.15) is 0 Å². The van der Waals surface area contributed by atoms with Crippen molar-refractivity contribution in [3.63, 3.8) is 0 Å². The van der Waals surface area contributed by atoms with Crippen LogP contribution in [0.3, 0.4) is 0 Å². The smallest absolute Gasteiger partial charge is 0.220 e. The number of hydrogen-bond acceptors (Lipinski definition) is 2. The number of rotatable bonds is 21. The molecule has 0 fully saturated rings. The molecule has 0 saturated heterocycles. The third-order valence-electron chi connectivity index (χ3n) is 5.33. The van der Waals surface area contributed by atoms with E-state index in [0.29, 0.717) is 19.4 Å². The molecule has 0 aromatic heterocycles. The van der Waals surface area contributed by atoms with Crippen LogP contribution < -0.4 is 10.6 Å². The molecule has 2 N–H and O–H groups in total. The first-order chi connectivity index (χ1) is 14.4. The normalized spacial score (nSPS) is 11.1. The summed E-state index contributed by atoms with van der Waals surface area (Å²) in [5.41, 5.74) is -0.414. The molecule has 0 atom stereocenters. The van der Waals surface area contributed by atoms with E-state index in [0.717, 1.165) is 38.5 Å². The Morgan fingerprint density at radius 3 is 1.53 bits per heavy atom. The predicted molar refractivity (Wildman–Crippen MR) is 129 cm³/mol. The lowest BCUT2D eigenvalue weighted by atomic mass is 10.0. The fraction of sp³-hybridized carbons (Fsp3) is 0.769.